The molecule has 0 spiro atoms. The monoisotopic (exact) mass is 421 g/mol. The maximum Gasteiger partial charge on any atom is 0.408 e. The van der Waals surface area contributed by atoms with Crippen molar-refractivity contribution in [3.63, 3.8) is 0 Å². The number of nitrogens with one attached hydrogen (secondary N) is 2. The van der Waals surface area contributed by atoms with Crippen LogP contribution in [-0.2, 0) is 0 Å². The fraction of sp³-hybridized carbons (Fsp3) is 0.429. The highest BCUT2D eigenvalue weighted by atomic mass is 35.5. The van der Waals surface area contributed by atoms with E-state index < -0.39 is 61.6 Å². The second-order valence-corrected chi connectivity index (χ2v) is 5.21. The summed E-state index contributed by atoms with van der Waals surface area (Å²) in [5.74, 6) is -3.05. The molecular weight excluding hydrogens is 402 g/mol. The summed E-state index contributed by atoms with van der Waals surface area (Å²) in [5.41, 5.74) is -0.402. The summed E-state index contributed by atoms with van der Waals surface area (Å²) in [7, 11) is 0. The van der Waals surface area contributed by atoms with Gasteiger partial charge in [-0.05, 0) is 25.8 Å². The van der Waals surface area contributed by atoms with Crippen molar-refractivity contribution in [3.05, 3.63) is 23.3 Å². The lowest BCUT2D eigenvalue weighted by atomic mass is 10.3. The van der Waals surface area contributed by atoms with E-state index in [4.69, 9.17) is 21.2 Å². The number of nitrogens with zero attached hydrogens (tertiary/aromatic N) is 4. The largest absolute Gasteiger partial charge is 0.408 e. The second-order valence-electron chi connectivity index (χ2n) is 4.82. The summed E-state index contributed by atoms with van der Waals surface area (Å²) < 4.78 is 130. The highest BCUT2D eigenvalue weighted by Gasteiger charge is 2.38. The molecule has 2 atom stereocenters. The van der Waals surface area contributed by atoms with Gasteiger partial charge in [-0.3, -0.25) is 0 Å². The van der Waals surface area contributed by atoms with Crippen LogP contribution in [0, 0.1) is 0 Å². The molecule has 2 N–H and O–H groups in total. The highest BCUT2D eigenvalue weighted by Crippen LogP contribution is 2.26. The van der Waals surface area contributed by atoms with Crippen LogP contribution in [0.3, 0.4) is 0 Å². The van der Waals surface area contributed by atoms with Gasteiger partial charge in [-0.2, -0.15) is 41.3 Å². The van der Waals surface area contributed by atoms with Crippen molar-refractivity contribution in [1.82, 2.24) is 19.9 Å². The van der Waals surface area contributed by atoms with E-state index in [0.29, 0.717) is 0 Å². The van der Waals surface area contributed by atoms with Crippen LogP contribution in [0.5, 0.6) is 0 Å². The van der Waals surface area contributed by atoms with Crippen LogP contribution in [0.4, 0.5) is 38.2 Å². The van der Waals surface area contributed by atoms with Crippen LogP contribution < -0.4 is 10.6 Å². The van der Waals surface area contributed by atoms with Crippen LogP contribution in [0.25, 0.3) is 11.5 Å². The number of hydrogen-bond donors (Lipinski definition) is 2. The van der Waals surface area contributed by atoms with E-state index in [9.17, 15) is 26.3 Å². The van der Waals surface area contributed by atoms with E-state index in [1.165, 1.54) is 10.6 Å². The van der Waals surface area contributed by atoms with Crippen molar-refractivity contribution in [2.24, 2.45) is 0 Å². The highest BCUT2D eigenvalue weighted by molar-refractivity contribution is 6.29. The number of aromatic nitrogens is 4. The maximum absolute atomic E-state index is 13.3. The van der Waals surface area contributed by atoms with Crippen molar-refractivity contribution >= 4 is 23.5 Å². The van der Waals surface area contributed by atoms with Crippen molar-refractivity contribution in [3.8, 4) is 11.5 Å². The molecule has 0 bridgehead atoms. The number of halogens is 7. The van der Waals surface area contributed by atoms with Crippen molar-refractivity contribution in [2.75, 3.05) is 10.6 Å². The van der Waals surface area contributed by atoms with E-state index in [-0.39, 0.29) is 11.2 Å². The van der Waals surface area contributed by atoms with Gasteiger partial charge in [0, 0.05) is 8.22 Å². The lowest BCUT2D eigenvalue weighted by Gasteiger charge is -2.20. The Hall–Kier alpha value is -2.37. The van der Waals surface area contributed by atoms with E-state index in [1.807, 2.05) is 0 Å². The summed E-state index contributed by atoms with van der Waals surface area (Å²) in [6.07, 6.45) is -10.7. The standard InChI is InChI=1S/C14H13ClF6N6/c1-6(13(16,17)18)22-11-25-10(8-4-3-5-9(15)24-8)26-12(27-11)23-7(2)14(19,20)21/h3-7H,1-2H3,(H2,22,23,25,26,27)/i1D3,2D3,3D. The predicted molar refractivity (Wildman–Crippen MR) is 86.3 cm³/mol. The van der Waals surface area contributed by atoms with Gasteiger partial charge >= 0.3 is 12.4 Å². The van der Waals surface area contributed by atoms with Crippen LogP contribution in [-0.4, -0.2) is 44.4 Å². The minimum Gasteiger partial charge on any atom is -0.343 e. The molecule has 2 aromatic rings. The molecule has 0 aliphatic carbocycles. The Kier molecular flexibility index (Phi) is 3.69. The summed E-state index contributed by atoms with van der Waals surface area (Å²) >= 11 is 5.71. The summed E-state index contributed by atoms with van der Waals surface area (Å²) in [4.78, 5) is 14.1. The Bertz CT molecular complexity index is 930. The zero-order valence-electron chi connectivity index (χ0n) is 19.7. The van der Waals surface area contributed by atoms with Crippen molar-refractivity contribution < 1.29 is 35.9 Å². The fourth-order valence-electron chi connectivity index (χ4n) is 1.52. The third kappa shape index (κ3) is 5.81. The lowest BCUT2D eigenvalue weighted by molar-refractivity contribution is -0.139. The molecule has 2 heterocycles. The van der Waals surface area contributed by atoms with Crippen LogP contribution in [0.2, 0.25) is 5.15 Å². The molecule has 0 radical (unpaired) electrons. The first-order valence-corrected chi connectivity index (χ1v) is 7.13. The van der Waals surface area contributed by atoms with Gasteiger partial charge in [-0.1, -0.05) is 17.6 Å². The van der Waals surface area contributed by atoms with Gasteiger partial charge < -0.3 is 10.6 Å². The summed E-state index contributed by atoms with van der Waals surface area (Å²) in [5, 5.41) is 2.63. The van der Waals surface area contributed by atoms with E-state index >= 15 is 0 Å². The van der Waals surface area contributed by atoms with Crippen LogP contribution in [0.15, 0.2) is 18.2 Å². The van der Waals surface area contributed by atoms with E-state index in [2.05, 4.69) is 19.9 Å². The minimum atomic E-state index is -5.37. The van der Waals surface area contributed by atoms with Gasteiger partial charge in [0.2, 0.25) is 11.9 Å². The quantitative estimate of drug-likeness (QED) is 0.553. The Morgan fingerprint density at radius 3 is 1.85 bits per heavy atom. The molecule has 13 heteroatoms. The molecule has 2 aromatic heterocycles. The first kappa shape index (κ1) is 12.9. The number of alkyl halides is 6. The van der Waals surface area contributed by atoms with Gasteiger partial charge in [-0.25, -0.2) is 4.98 Å². The van der Waals surface area contributed by atoms with Gasteiger partial charge in [0.15, 0.2) is 5.82 Å². The second kappa shape index (κ2) is 7.71. The number of rotatable bonds is 5. The molecule has 2 unspecified atom stereocenters. The molecule has 0 amide bonds. The van der Waals surface area contributed by atoms with Crippen molar-refractivity contribution in [2.45, 2.75) is 38.1 Å². The van der Waals surface area contributed by atoms with Gasteiger partial charge in [0.05, 0.1) is 1.37 Å². The SMILES string of the molecule is [2H]c1cc(Cl)nc(-c2nc(NC(C([2H])([2H])[2H])C(F)(F)F)nc(NC(C([2H])([2H])[2H])C(F)(F)F)n2)c1. The third-order valence-corrected chi connectivity index (χ3v) is 2.91. The fourth-order valence-corrected chi connectivity index (χ4v) is 1.68. The molecule has 0 aliphatic rings. The number of pyridine rings is 1. The number of hydrogen-bond acceptors (Lipinski definition) is 6. The Balaban J connectivity index is 2.66. The number of anilines is 2. The van der Waals surface area contributed by atoms with E-state index in [0.717, 1.165) is 12.1 Å². The molecule has 27 heavy (non-hydrogen) atoms. The molecule has 2 rings (SSSR count). The first-order valence-electron chi connectivity index (χ1n) is 10.2. The van der Waals surface area contributed by atoms with Gasteiger partial charge in [0.25, 0.3) is 0 Å². The lowest BCUT2D eigenvalue weighted by Crippen LogP contribution is -2.35. The smallest absolute Gasteiger partial charge is 0.343 e. The van der Waals surface area contributed by atoms with Crippen molar-refractivity contribution in [1.29, 1.82) is 0 Å². The Morgan fingerprint density at radius 2 is 1.44 bits per heavy atom. The Morgan fingerprint density at radius 1 is 0.926 bits per heavy atom. The third-order valence-electron chi connectivity index (χ3n) is 2.72. The topological polar surface area (TPSA) is 75.6 Å². The van der Waals surface area contributed by atoms with Gasteiger partial charge in [0.1, 0.15) is 22.9 Å². The molecule has 0 aromatic carbocycles. The molecule has 0 aliphatic heterocycles. The average molecular weight is 422 g/mol. The van der Waals surface area contributed by atoms with E-state index in [1.54, 1.807) is 0 Å². The Labute approximate surface area is 164 Å². The molecule has 0 saturated carbocycles. The first-order chi connectivity index (χ1) is 15.2. The molecular formula is C14H13ClF6N6. The van der Waals surface area contributed by atoms with Crippen LogP contribution in [0.1, 0.15) is 23.3 Å². The zero-order chi connectivity index (χ0) is 26.3. The average Bonchev–Trinajstić information content (AvgIpc) is 2.59. The maximum atomic E-state index is 13.3. The predicted octanol–water partition coefficient (Wildman–Crippen LogP) is 4.31. The van der Waals surface area contributed by atoms with Gasteiger partial charge in [-0.15, -0.1) is 0 Å². The molecule has 148 valence electrons. The van der Waals surface area contributed by atoms with Crippen LogP contribution >= 0.6 is 11.6 Å². The summed E-state index contributed by atoms with van der Waals surface area (Å²) in [6, 6.07) is -4.78. The molecule has 0 fully saturated rings. The summed E-state index contributed by atoms with van der Waals surface area (Å²) in [6.45, 7) is -7.37. The minimum absolute atomic E-state index is 0.286. The molecule has 0 saturated heterocycles. The normalized spacial score (nSPS) is 19.3. The molecule has 6 nitrogen and oxygen atoms in total. The zero-order valence-corrected chi connectivity index (χ0v) is 13.5.